The Morgan fingerprint density at radius 1 is 0.862 bits per heavy atom. The second kappa shape index (κ2) is 11.5. The van der Waals surface area contributed by atoms with Gasteiger partial charge in [0.25, 0.3) is 0 Å². The molecule has 0 unspecified atom stereocenters. The van der Waals surface area contributed by atoms with Crippen molar-refractivity contribution in [2.24, 2.45) is 23.7 Å². The van der Waals surface area contributed by atoms with Crippen LogP contribution in [0.25, 0.3) is 0 Å². The summed E-state index contributed by atoms with van der Waals surface area (Å²) in [5.74, 6) is 2.38. The van der Waals surface area contributed by atoms with E-state index in [0.717, 1.165) is 24.2 Å². The standard InChI is InChI=1S/C26H37FO2/c27-25-18-16-24(17-19-25)15-14-23-12-10-22(11-13-23)9-8-21-6-4-20(5-7-21)2-1-3-26(28)29/h1-2,16-23H,3-15H2,(H,28,29). The van der Waals surface area contributed by atoms with Gasteiger partial charge in [0.15, 0.2) is 0 Å². The number of benzene rings is 1. The summed E-state index contributed by atoms with van der Waals surface area (Å²) in [6, 6.07) is 7.01. The number of carboxylic acid groups (broad SMARTS) is 1. The van der Waals surface area contributed by atoms with Crippen molar-refractivity contribution in [1.82, 2.24) is 0 Å². The van der Waals surface area contributed by atoms with Crippen molar-refractivity contribution in [2.75, 3.05) is 0 Å². The van der Waals surface area contributed by atoms with Gasteiger partial charge in [-0.15, -0.1) is 0 Å². The Hall–Kier alpha value is -1.64. The molecular weight excluding hydrogens is 363 g/mol. The fourth-order valence-corrected chi connectivity index (χ4v) is 5.33. The maximum Gasteiger partial charge on any atom is 0.307 e. The lowest BCUT2D eigenvalue weighted by Crippen LogP contribution is -2.18. The minimum absolute atomic E-state index is 0.141. The van der Waals surface area contributed by atoms with Crippen LogP contribution in [0.15, 0.2) is 36.4 Å². The minimum Gasteiger partial charge on any atom is -0.481 e. The summed E-state index contributed by atoms with van der Waals surface area (Å²) < 4.78 is 13.0. The molecule has 29 heavy (non-hydrogen) atoms. The molecule has 1 N–H and O–H groups in total. The van der Waals surface area contributed by atoms with Crippen molar-refractivity contribution in [3.05, 3.63) is 47.8 Å². The number of aliphatic carboxylic acids is 1. The number of aryl methyl sites for hydroxylation is 1. The van der Waals surface area contributed by atoms with Gasteiger partial charge in [-0.3, -0.25) is 4.79 Å². The quantitative estimate of drug-likeness (QED) is 0.446. The van der Waals surface area contributed by atoms with Crippen molar-refractivity contribution in [3.8, 4) is 0 Å². The molecule has 0 amide bonds. The molecule has 2 fully saturated rings. The molecule has 0 bridgehead atoms. The van der Waals surface area contributed by atoms with Crippen LogP contribution in [-0.2, 0) is 11.2 Å². The number of hydrogen-bond acceptors (Lipinski definition) is 1. The van der Waals surface area contributed by atoms with Gasteiger partial charge in [-0.2, -0.15) is 0 Å². The molecule has 1 aromatic rings. The van der Waals surface area contributed by atoms with Crippen LogP contribution < -0.4 is 0 Å². The molecule has 2 nitrogen and oxygen atoms in total. The van der Waals surface area contributed by atoms with Gasteiger partial charge in [0.05, 0.1) is 6.42 Å². The van der Waals surface area contributed by atoms with E-state index in [9.17, 15) is 9.18 Å². The summed E-state index contributed by atoms with van der Waals surface area (Å²) >= 11 is 0. The van der Waals surface area contributed by atoms with Crippen LogP contribution in [0.2, 0.25) is 0 Å². The Morgan fingerprint density at radius 2 is 1.38 bits per heavy atom. The van der Waals surface area contributed by atoms with Crippen molar-refractivity contribution in [3.63, 3.8) is 0 Å². The SMILES string of the molecule is O=C(O)CC=CC1CCC(CCC2CCC(CCc3ccc(F)cc3)CC2)CC1. The van der Waals surface area contributed by atoms with Gasteiger partial charge in [0.1, 0.15) is 5.82 Å². The first-order chi connectivity index (χ1) is 14.1. The Bertz CT molecular complexity index is 635. The van der Waals surface area contributed by atoms with Gasteiger partial charge in [0, 0.05) is 0 Å². The van der Waals surface area contributed by atoms with E-state index in [4.69, 9.17) is 5.11 Å². The third-order valence-corrected chi connectivity index (χ3v) is 7.30. The second-order valence-corrected chi connectivity index (χ2v) is 9.44. The van der Waals surface area contributed by atoms with E-state index in [-0.39, 0.29) is 12.2 Å². The third-order valence-electron chi connectivity index (χ3n) is 7.30. The van der Waals surface area contributed by atoms with E-state index in [2.05, 4.69) is 6.08 Å². The van der Waals surface area contributed by atoms with Crippen molar-refractivity contribution in [1.29, 1.82) is 0 Å². The minimum atomic E-state index is -0.736. The molecule has 2 aliphatic rings. The van der Waals surface area contributed by atoms with Gasteiger partial charge < -0.3 is 5.11 Å². The summed E-state index contributed by atoms with van der Waals surface area (Å²) in [6.45, 7) is 0. The zero-order valence-corrected chi connectivity index (χ0v) is 17.7. The Labute approximate surface area is 175 Å². The highest BCUT2D eigenvalue weighted by molar-refractivity contribution is 5.68. The van der Waals surface area contributed by atoms with Gasteiger partial charge in [-0.05, 0) is 79.9 Å². The summed E-state index contributed by atoms with van der Waals surface area (Å²) in [5.41, 5.74) is 1.27. The first-order valence-electron chi connectivity index (χ1n) is 11.7. The molecule has 1 aromatic carbocycles. The number of allylic oxidation sites excluding steroid dienone is 1. The predicted molar refractivity (Wildman–Crippen MR) is 116 cm³/mol. The van der Waals surface area contributed by atoms with Crippen LogP contribution in [0.3, 0.4) is 0 Å². The van der Waals surface area contributed by atoms with Crippen molar-refractivity contribution >= 4 is 5.97 Å². The first kappa shape index (κ1) is 22.1. The van der Waals surface area contributed by atoms with E-state index in [0.29, 0.717) is 5.92 Å². The number of rotatable bonds is 9. The average Bonchev–Trinajstić information content (AvgIpc) is 2.73. The van der Waals surface area contributed by atoms with Crippen LogP contribution >= 0.6 is 0 Å². The molecule has 0 spiro atoms. The largest absolute Gasteiger partial charge is 0.481 e. The summed E-state index contributed by atoms with van der Waals surface area (Å²) in [4.78, 5) is 10.6. The fraction of sp³-hybridized carbons (Fsp3) is 0.654. The zero-order valence-electron chi connectivity index (χ0n) is 17.7. The van der Waals surface area contributed by atoms with Crippen LogP contribution in [0.1, 0.15) is 82.6 Å². The Morgan fingerprint density at radius 3 is 1.93 bits per heavy atom. The monoisotopic (exact) mass is 400 g/mol. The first-order valence-corrected chi connectivity index (χ1v) is 11.7. The molecule has 0 aliphatic heterocycles. The highest BCUT2D eigenvalue weighted by Crippen LogP contribution is 2.37. The van der Waals surface area contributed by atoms with Gasteiger partial charge in [0.2, 0.25) is 0 Å². The fourth-order valence-electron chi connectivity index (χ4n) is 5.33. The highest BCUT2D eigenvalue weighted by Gasteiger charge is 2.24. The van der Waals surface area contributed by atoms with E-state index in [1.165, 1.54) is 76.2 Å². The lowest BCUT2D eigenvalue weighted by atomic mass is 9.74. The smallest absolute Gasteiger partial charge is 0.307 e. The molecule has 0 atom stereocenters. The maximum atomic E-state index is 13.0. The van der Waals surface area contributed by atoms with Crippen LogP contribution in [0.4, 0.5) is 4.39 Å². The number of halogens is 1. The van der Waals surface area contributed by atoms with Gasteiger partial charge in [-0.25, -0.2) is 4.39 Å². The van der Waals surface area contributed by atoms with E-state index < -0.39 is 5.97 Å². The molecule has 0 heterocycles. The van der Waals surface area contributed by atoms with Crippen LogP contribution in [-0.4, -0.2) is 11.1 Å². The van der Waals surface area contributed by atoms with E-state index in [1.807, 2.05) is 18.2 Å². The summed E-state index contributed by atoms with van der Waals surface area (Å²) in [7, 11) is 0. The Kier molecular flexibility index (Phi) is 8.76. The molecule has 2 aliphatic carbocycles. The molecule has 0 radical (unpaired) electrons. The van der Waals surface area contributed by atoms with E-state index >= 15 is 0 Å². The molecule has 0 saturated heterocycles. The third kappa shape index (κ3) is 7.95. The van der Waals surface area contributed by atoms with E-state index in [1.54, 1.807) is 12.1 Å². The predicted octanol–water partition coefficient (Wildman–Crippen LogP) is 7.18. The molecule has 0 aromatic heterocycles. The topological polar surface area (TPSA) is 37.3 Å². The lowest BCUT2D eigenvalue weighted by molar-refractivity contribution is -0.136. The van der Waals surface area contributed by atoms with Crippen LogP contribution in [0.5, 0.6) is 0 Å². The molecular formula is C26H37FO2. The molecule has 3 rings (SSSR count). The van der Waals surface area contributed by atoms with Crippen molar-refractivity contribution in [2.45, 2.75) is 83.5 Å². The molecule has 3 heteroatoms. The molecule has 160 valence electrons. The second-order valence-electron chi connectivity index (χ2n) is 9.44. The van der Waals surface area contributed by atoms with Gasteiger partial charge in [-0.1, -0.05) is 62.8 Å². The Balaban J connectivity index is 1.26. The average molecular weight is 401 g/mol. The lowest BCUT2D eigenvalue weighted by Gasteiger charge is -2.31. The summed E-state index contributed by atoms with van der Waals surface area (Å²) in [5, 5.41) is 8.72. The zero-order chi connectivity index (χ0) is 20.5. The number of hydrogen-bond donors (Lipinski definition) is 1. The highest BCUT2D eigenvalue weighted by atomic mass is 19.1. The maximum absolute atomic E-state index is 13.0. The molecule has 2 saturated carbocycles. The van der Waals surface area contributed by atoms with Gasteiger partial charge >= 0.3 is 5.97 Å². The number of carboxylic acids is 1. The van der Waals surface area contributed by atoms with Crippen LogP contribution in [0, 0.1) is 29.5 Å². The normalized spacial score (nSPS) is 27.9. The van der Waals surface area contributed by atoms with Crippen molar-refractivity contribution < 1.29 is 14.3 Å². The number of carbonyl (C=O) groups is 1. The summed E-state index contributed by atoms with van der Waals surface area (Å²) in [6.07, 6.45) is 19.9.